The van der Waals surface area contributed by atoms with Gasteiger partial charge in [0.15, 0.2) is 0 Å². The van der Waals surface area contributed by atoms with Crippen molar-refractivity contribution in [1.29, 1.82) is 0 Å². The van der Waals surface area contributed by atoms with E-state index in [1.54, 1.807) is 13.1 Å². The van der Waals surface area contributed by atoms with Crippen LogP contribution in [0.25, 0.3) is 0 Å². The zero-order valence-corrected chi connectivity index (χ0v) is 8.54. The van der Waals surface area contributed by atoms with E-state index in [0.717, 1.165) is 0 Å². The first-order valence-electron chi connectivity index (χ1n) is 3.69. The lowest BCUT2D eigenvalue weighted by molar-refractivity contribution is 0.0694. The highest BCUT2D eigenvalue weighted by Crippen LogP contribution is 2.08. The minimum Gasteiger partial charge on any atom is -0.477 e. The van der Waals surface area contributed by atoms with Gasteiger partial charge in [-0.1, -0.05) is 0 Å². The minimum absolute atomic E-state index is 0.212. The van der Waals surface area contributed by atoms with Crippen molar-refractivity contribution >= 4 is 21.9 Å². The van der Waals surface area contributed by atoms with Crippen molar-refractivity contribution in [2.24, 2.45) is 0 Å². The molecule has 0 radical (unpaired) electrons. The number of rotatable bonds is 2. The van der Waals surface area contributed by atoms with Crippen LogP contribution in [0.1, 0.15) is 17.3 Å². The summed E-state index contributed by atoms with van der Waals surface area (Å²) in [6.07, 6.45) is 1.56. The number of pyridine rings is 1. The van der Waals surface area contributed by atoms with Crippen LogP contribution < -0.4 is 5.56 Å². The van der Waals surface area contributed by atoms with Crippen molar-refractivity contribution in [1.82, 2.24) is 4.57 Å². The minimum atomic E-state index is -1.20. The van der Waals surface area contributed by atoms with E-state index in [4.69, 9.17) is 5.11 Å². The van der Waals surface area contributed by atoms with Crippen LogP contribution in [0.5, 0.6) is 0 Å². The number of aromatic nitrogens is 1. The number of aryl methyl sites for hydroxylation is 1. The number of carboxylic acids is 1. The Morgan fingerprint density at radius 2 is 2.31 bits per heavy atom. The number of carboxylic acid groups (broad SMARTS) is 1. The van der Waals surface area contributed by atoms with Gasteiger partial charge in [0.25, 0.3) is 5.56 Å². The summed E-state index contributed by atoms with van der Waals surface area (Å²) in [5.41, 5.74) is -0.686. The second kappa shape index (κ2) is 3.74. The summed E-state index contributed by atoms with van der Waals surface area (Å²) in [6, 6.07) is 1.30. The molecule has 1 heterocycles. The van der Waals surface area contributed by atoms with Gasteiger partial charge in [-0.15, -0.1) is 0 Å². The molecule has 0 spiro atoms. The van der Waals surface area contributed by atoms with Gasteiger partial charge in [-0.05, 0) is 28.9 Å². The fourth-order valence-corrected chi connectivity index (χ4v) is 1.46. The number of hydrogen-bond donors (Lipinski definition) is 1. The van der Waals surface area contributed by atoms with E-state index in [1.807, 2.05) is 0 Å². The van der Waals surface area contributed by atoms with Gasteiger partial charge in [-0.3, -0.25) is 4.79 Å². The normalized spacial score (nSPS) is 10.0. The first kappa shape index (κ1) is 9.98. The Hall–Kier alpha value is -1.10. The van der Waals surface area contributed by atoms with E-state index in [1.165, 1.54) is 10.6 Å². The average molecular weight is 246 g/mol. The highest BCUT2D eigenvalue weighted by atomic mass is 79.9. The second-order valence-electron chi connectivity index (χ2n) is 2.47. The van der Waals surface area contributed by atoms with Crippen LogP contribution in [0.15, 0.2) is 21.5 Å². The van der Waals surface area contributed by atoms with Crippen molar-refractivity contribution in [3.8, 4) is 0 Å². The third-order valence-corrected chi connectivity index (χ3v) is 2.06. The lowest BCUT2D eigenvalue weighted by atomic mass is 10.3. The van der Waals surface area contributed by atoms with Crippen LogP contribution in [0.2, 0.25) is 0 Å². The SMILES string of the molecule is CCn1cc(Br)cc(C(=O)O)c1=O. The first-order chi connectivity index (χ1) is 6.06. The number of halogens is 1. The van der Waals surface area contributed by atoms with Gasteiger partial charge in [0.1, 0.15) is 5.56 Å². The fourth-order valence-electron chi connectivity index (χ4n) is 0.987. The second-order valence-corrected chi connectivity index (χ2v) is 3.38. The molecular weight excluding hydrogens is 238 g/mol. The third-order valence-electron chi connectivity index (χ3n) is 1.62. The van der Waals surface area contributed by atoms with Gasteiger partial charge < -0.3 is 9.67 Å². The van der Waals surface area contributed by atoms with Crippen LogP contribution in [-0.2, 0) is 6.54 Å². The van der Waals surface area contributed by atoms with Crippen LogP contribution in [0, 0.1) is 0 Å². The van der Waals surface area contributed by atoms with Crippen molar-refractivity contribution in [2.45, 2.75) is 13.5 Å². The van der Waals surface area contributed by atoms with E-state index in [2.05, 4.69) is 15.9 Å². The molecule has 0 bridgehead atoms. The van der Waals surface area contributed by atoms with Crippen LogP contribution in [0.4, 0.5) is 0 Å². The molecule has 0 saturated carbocycles. The van der Waals surface area contributed by atoms with Crippen LogP contribution >= 0.6 is 15.9 Å². The molecule has 0 unspecified atom stereocenters. The molecule has 5 heteroatoms. The molecular formula is C8H8BrNO3. The number of hydrogen-bond acceptors (Lipinski definition) is 2. The first-order valence-corrected chi connectivity index (χ1v) is 4.49. The van der Waals surface area contributed by atoms with Gasteiger partial charge in [-0.25, -0.2) is 4.79 Å². The van der Waals surface area contributed by atoms with Gasteiger partial charge >= 0.3 is 5.97 Å². The summed E-state index contributed by atoms with van der Waals surface area (Å²) in [7, 11) is 0. The number of carbonyl (C=O) groups is 1. The molecule has 0 amide bonds. The maximum Gasteiger partial charge on any atom is 0.341 e. The molecule has 70 valence electrons. The summed E-state index contributed by atoms with van der Waals surface area (Å²) in [5, 5.41) is 8.68. The summed E-state index contributed by atoms with van der Waals surface area (Å²) < 4.78 is 1.93. The number of aromatic carboxylic acids is 1. The zero-order chi connectivity index (χ0) is 10.0. The Bertz CT molecular complexity index is 397. The van der Waals surface area contributed by atoms with Crippen molar-refractivity contribution in [3.05, 3.63) is 32.7 Å². The van der Waals surface area contributed by atoms with E-state index in [0.29, 0.717) is 11.0 Å². The van der Waals surface area contributed by atoms with E-state index >= 15 is 0 Å². The fraction of sp³-hybridized carbons (Fsp3) is 0.250. The van der Waals surface area contributed by atoms with Crippen molar-refractivity contribution < 1.29 is 9.90 Å². The Kier molecular flexibility index (Phi) is 2.87. The Balaban J connectivity index is 3.45. The van der Waals surface area contributed by atoms with E-state index in [9.17, 15) is 9.59 Å². The van der Waals surface area contributed by atoms with E-state index in [-0.39, 0.29) is 5.56 Å². The largest absolute Gasteiger partial charge is 0.477 e. The molecule has 1 rings (SSSR count). The highest BCUT2D eigenvalue weighted by Gasteiger charge is 2.10. The predicted octanol–water partition coefficient (Wildman–Crippen LogP) is 1.33. The molecule has 0 aromatic carbocycles. The highest BCUT2D eigenvalue weighted by molar-refractivity contribution is 9.10. The quantitative estimate of drug-likeness (QED) is 0.856. The zero-order valence-electron chi connectivity index (χ0n) is 6.95. The Labute approximate surface area is 82.9 Å². The standard InChI is InChI=1S/C8H8BrNO3/c1-2-10-4-5(9)3-6(7(10)11)8(12)13/h3-4H,2H2,1H3,(H,12,13). The molecule has 1 aromatic rings. The summed E-state index contributed by atoms with van der Waals surface area (Å²) >= 11 is 3.13. The topological polar surface area (TPSA) is 59.3 Å². The summed E-state index contributed by atoms with van der Waals surface area (Å²) in [5.74, 6) is -1.20. The summed E-state index contributed by atoms with van der Waals surface area (Å²) in [4.78, 5) is 22.0. The maximum atomic E-state index is 11.4. The Morgan fingerprint density at radius 3 is 2.77 bits per heavy atom. The van der Waals surface area contributed by atoms with Gasteiger partial charge in [0.05, 0.1) is 0 Å². The Morgan fingerprint density at radius 1 is 1.69 bits per heavy atom. The van der Waals surface area contributed by atoms with Crippen molar-refractivity contribution in [3.63, 3.8) is 0 Å². The lowest BCUT2D eigenvalue weighted by Gasteiger charge is -2.03. The number of nitrogens with zero attached hydrogens (tertiary/aromatic N) is 1. The average Bonchev–Trinajstić information content (AvgIpc) is 2.08. The molecule has 1 aromatic heterocycles. The molecule has 0 fully saturated rings. The molecule has 0 aliphatic heterocycles. The molecule has 4 nitrogen and oxygen atoms in total. The van der Waals surface area contributed by atoms with Crippen LogP contribution in [0.3, 0.4) is 0 Å². The molecule has 0 saturated heterocycles. The van der Waals surface area contributed by atoms with Gasteiger partial charge in [0.2, 0.25) is 0 Å². The molecule has 0 atom stereocenters. The van der Waals surface area contributed by atoms with Crippen LogP contribution in [-0.4, -0.2) is 15.6 Å². The van der Waals surface area contributed by atoms with Crippen molar-refractivity contribution in [2.75, 3.05) is 0 Å². The van der Waals surface area contributed by atoms with Gasteiger partial charge in [0, 0.05) is 17.2 Å². The lowest BCUT2D eigenvalue weighted by Crippen LogP contribution is -2.25. The molecule has 0 aliphatic carbocycles. The molecule has 13 heavy (non-hydrogen) atoms. The maximum absolute atomic E-state index is 11.4. The third kappa shape index (κ3) is 1.98. The monoisotopic (exact) mass is 245 g/mol. The van der Waals surface area contributed by atoms with Gasteiger partial charge in [-0.2, -0.15) is 0 Å². The predicted molar refractivity (Wildman–Crippen MR) is 51.0 cm³/mol. The summed E-state index contributed by atoms with van der Waals surface area (Å²) in [6.45, 7) is 2.23. The molecule has 1 N–H and O–H groups in total. The van der Waals surface area contributed by atoms with E-state index < -0.39 is 11.5 Å². The smallest absolute Gasteiger partial charge is 0.341 e. The molecule has 0 aliphatic rings.